The van der Waals surface area contributed by atoms with Crippen molar-refractivity contribution < 1.29 is 4.79 Å². The topological polar surface area (TPSA) is 32.3 Å². The molecule has 2 aliphatic heterocycles. The smallest absolute Gasteiger partial charge is 0.160 e. The van der Waals surface area contributed by atoms with E-state index in [4.69, 9.17) is 0 Å². The van der Waals surface area contributed by atoms with Crippen molar-refractivity contribution in [1.29, 1.82) is 0 Å². The molecule has 3 nitrogen and oxygen atoms in total. The first kappa shape index (κ1) is 12.1. The zero-order chi connectivity index (χ0) is 13.5. The van der Waals surface area contributed by atoms with Crippen LogP contribution < -0.4 is 10.2 Å². The second-order valence-corrected chi connectivity index (χ2v) is 6.55. The summed E-state index contributed by atoms with van der Waals surface area (Å²) in [5, 5.41) is 3.44. The molecule has 3 aliphatic rings. The third kappa shape index (κ3) is 2.04. The summed E-state index contributed by atoms with van der Waals surface area (Å²) in [6.07, 6.45) is 6.66. The zero-order valence-electron chi connectivity index (χ0n) is 11.2. The second kappa shape index (κ2) is 4.70. The number of thioether (sulfide) groups is 1. The van der Waals surface area contributed by atoms with Gasteiger partial charge in [-0.3, -0.25) is 4.79 Å². The van der Waals surface area contributed by atoms with Gasteiger partial charge in [-0.1, -0.05) is 11.8 Å². The van der Waals surface area contributed by atoms with E-state index < -0.39 is 0 Å². The average Bonchev–Trinajstić information content (AvgIpc) is 2.98. The molecule has 0 spiro atoms. The molecular weight excluding hydrogens is 268 g/mol. The van der Waals surface area contributed by atoms with Crippen LogP contribution in [0.3, 0.4) is 0 Å². The number of benzene rings is 1. The van der Waals surface area contributed by atoms with Crippen LogP contribution >= 0.6 is 11.8 Å². The second-order valence-electron chi connectivity index (χ2n) is 5.41. The number of anilines is 2. The molecular formula is C16H16N2OS. The normalized spacial score (nSPS) is 20.8. The van der Waals surface area contributed by atoms with Crippen molar-refractivity contribution in [1.82, 2.24) is 0 Å². The number of fused-ring (bicyclic) bond motifs is 1. The first-order chi connectivity index (χ1) is 9.79. The van der Waals surface area contributed by atoms with E-state index in [9.17, 15) is 4.79 Å². The number of carbonyl (C=O) groups excluding carboxylic acids is 1. The lowest BCUT2D eigenvalue weighted by Crippen LogP contribution is -2.18. The van der Waals surface area contributed by atoms with Crippen molar-refractivity contribution in [3.05, 3.63) is 41.0 Å². The number of nitrogens with one attached hydrogen (secondary N) is 1. The molecule has 20 heavy (non-hydrogen) atoms. The molecule has 1 saturated heterocycles. The molecule has 1 N–H and O–H groups in total. The highest BCUT2D eigenvalue weighted by Crippen LogP contribution is 2.44. The summed E-state index contributed by atoms with van der Waals surface area (Å²) in [6, 6.07) is 6.61. The van der Waals surface area contributed by atoms with Gasteiger partial charge in [-0.25, -0.2) is 0 Å². The molecule has 0 amide bonds. The van der Waals surface area contributed by atoms with Gasteiger partial charge in [0.1, 0.15) is 0 Å². The minimum atomic E-state index is 0.192. The van der Waals surface area contributed by atoms with E-state index in [2.05, 4.69) is 28.4 Å². The SMILES string of the molecule is O=C1C=CC2=C(C1)Sc1cc(N3CCCC3)ccc1N2. The summed E-state index contributed by atoms with van der Waals surface area (Å²) in [6.45, 7) is 2.32. The Morgan fingerprint density at radius 2 is 2.00 bits per heavy atom. The average molecular weight is 284 g/mol. The Morgan fingerprint density at radius 3 is 2.85 bits per heavy atom. The summed E-state index contributed by atoms with van der Waals surface area (Å²) in [5.74, 6) is 0.192. The Kier molecular flexibility index (Phi) is 2.84. The molecule has 0 unspecified atom stereocenters. The molecule has 1 aromatic rings. The Hall–Kier alpha value is -1.68. The summed E-state index contributed by atoms with van der Waals surface area (Å²) in [7, 11) is 0. The van der Waals surface area contributed by atoms with E-state index in [-0.39, 0.29) is 5.78 Å². The predicted molar refractivity (Wildman–Crippen MR) is 83.2 cm³/mol. The fourth-order valence-electron chi connectivity index (χ4n) is 2.93. The minimum absolute atomic E-state index is 0.192. The van der Waals surface area contributed by atoms with E-state index in [1.54, 1.807) is 17.8 Å². The van der Waals surface area contributed by atoms with Crippen LogP contribution in [0.1, 0.15) is 19.3 Å². The van der Waals surface area contributed by atoms with Crippen molar-refractivity contribution in [2.45, 2.75) is 24.2 Å². The van der Waals surface area contributed by atoms with Crippen LogP contribution in [0.4, 0.5) is 11.4 Å². The molecule has 0 aromatic heterocycles. The number of nitrogens with zero attached hydrogens (tertiary/aromatic N) is 1. The first-order valence-corrected chi connectivity index (χ1v) is 7.89. The quantitative estimate of drug-likeness (QED) is 0.855. The number of carbonyl (C=O) groups is 1. The fraction of sp³-hybridized carbons (Fsp3) is 0.312. The first-order valence-electron chi connectivity index (χ1n) is 7.07. The van der Waals surface area contributed by atoms with Gasteiger partial charge in [-0.15, -0.1) is 0 Å². The van der Waals surface area contributed by atoms with Crippen molar-refractivity contribution in [2.24, 2.45) is 0 Å². The standard InChI is InChI=1S/C16H16N2OS/c19-12-4-6-14-16(10-12)20-15-9-11(3-5-13(15)17-14)18-7-1-2-8-18/h3-6,9,17H,1-2,7-8,10H2. The Labute approximate surface area is 122 Å². The molecule has 0 saturated carbocycles. The Bertz CT molecular complexity index is 642. The molecule has 1 aliphatic carbocycles. The molecule has 0 bridgehead atoms. The predicted octanol–water partition coefficient (Wildman–Crippen LogP) is 3.55. The van der Waals surface area contributed by atoms with Gasteiger partial charge in [0, 0.05) is 40.7 Å². The highest BCUT2D eigenvalue weighted by molar-refractivity contribution is 8.03. The lowest BCUT2D eigenvalue weighted by atomic mass is 10.1. The summed E-state index contributed by atoms with van der Waals surface area (Å²) in [5.41, 5.74) is 3.53. The molecule has 1 aromatic carbocycles. The molecule has 0 radical (unpaired) electrons. The van der Waals surface area contributed by atoms with E-state index in [1.165, 1.54) is 23.4 Å². The third-order valence-corrected chi connectivity index (χ3v) is 5.18. The Morgan fingerprint density at radius 1 is 1.15 bits per heavy atom. The lowest BCUT2D eigenvalue weighted by Gasteiger charge is -2.26. The minimum Gasteiger partial charge on any atom is -0.372 e. The van der Waals surface area contributed by atoms with Crippen LogP contribution in [0, 0.1) is 0 Å². The fourth-order valence-corrected chi connectivity index (χ4v) is 4.05. The molecule has 1 fully saturated rings. The number of hydrogen-bond donors (Lipinski definition) is 1. The Balaban J connectivity index is 1.65. The number of hydrogen-bond acceptors (Lipinski definition) is 4. The number of ketones is 1. The van der Waals surface area contributed by atoms with Crippen molar-refractivity contribution in [3.63, 3.8) is 0 Å². The third-order valence-electron chi connectivity index (χ3n) is 4.01. The monoisotopic (exact) mass is 284 g/mol. The molecule has 4 rings (SSSR count). The van der Waals surface area contributed by atoms with Crippen molar-refractivity contribution in [3.8, 4) is 0 Å². The van der Waals surface area contributed by atoms with Crippen molar-refractivity contribution >= 4 is 28.9 Å². The summed E-state index contributed by atoms with van der Waals surface area (Å²) >= 11 is 1.74. The zero-order valence-corrected chi connectivity index (χ0v) is 12.0. The maximum atomic E-state index is 11.5. The van der Waals surface area contributed by atoms with E-state index in [0.29, 0.717) is 6.42 Å². The number of allylic oxidation sites excluding steroid dienone is 3. The van der Waals surface area contributed by atoms with Gasteiger partial charge >= 0.3 is 0 Å². The van der Waals surface area contributed by atoms with Gasteiger partial charge in [0.25, 0.3) is 0 Å². The van der Waals surface area contributed by atoms with E-state index in [1.807, 2.05) is 6.08 Å². The summed E-state index contributed by atoms with van der Waals surface area (Å²) in [4.78, 5) is 16.4. The van der Waals surface area contributed by atoms with Gasteiger partial charge in [0.2, 0.25) is 0 Å². The highest BCUT2D eigenvalue weighted by atomic mass is 32.2. The van der Waals surface area contributed by atoms with Gasteiger partial charge in [-0.05, 0) is 43.2 Å². The lowest BCUT2D eigenvalue weighted by molar-refractivity contribution is -0.114. The number of rotatable bonds is 1. The molecule has 0 atom stereocenters. The van der Waals surface area contributed by atoms with Crippen LogP contribution in [0.2, 0.25) is 0 Å². The maximum absolute atomic E-state index is 11.5. The van der Waals surface area contributed by atoms with Gasteiger partial charge in [-0.2, -0.15) is 0 Å². The van der Waals surface area contributed by atoms with Crippen LogP contribution in [-0.4, -0.2) is 18.9 Å². The van der Waals surface area contributed by atoms with Gasteiger partial charge in [0.05, 0.1) is 5.69 Å². The highest BCUT2D eigenvalue weighted by Gasteiger charge is 2.22. The largest absolute Gasteiger partial charge is 0.372 e. The maximum Gasteiger partial charge on any atom is 0.160 e. The molecule has 4 heteroatoms. The van der Waals surface area contributed by atoms with Crippen molar-refractivity contribution in [2.75, 3.05) is 23.3 Å². The van der Waals surface area contributed by atoms with Crippen LogP contribution in [0.5, 0.6) is 0 Å². The van der Waals surface area contributed by atoms with E-state index in [0.717, 1.165) is 29.4 Å². The summed E-state index contributed by atoms with van der Waals surface area (Å²) < 4.78 is 0. The van der Waals surface area contributed by atoms with Gasteiger partial charge < -0.3 is 10.2 Å². The van der Waals surface area contributed by atoms with Crippen LogP contribution in [0.25, 0.3) is 0 Å². The molecule has 2 heterocycles. The van der Waals surface area contributed by atoms with Gasteiger partial charge in [0.15, 0.2) is 5.78 Å². The molecule has 102 valence electrons. The van der Waals surface area contributed by atoms with Crippen LogP contribution in [-0.2, 0) is 4.79 Å². The van der Waals surface area contributed by atoms with E-state index >= 15 is 0 Å². The van der Waals surface area contributed by atoms with Crippen LogP contribution in [0.15, 0.2) is 45.8 Å².